The highest BCUT2D eigenvalue weighted by Crippen LogP contribution is 2.16. The van der Waals surface area contributed by atoms with Crippen molar-refractivity contribution in [3.63, 3.8) is 0 Å². The molecule has 0 aliphatic heterocycles. The fourth-order valence-electron chi connectivity index (χ4n) is 1.37. The Bertz CT molecular complexity index is 562. The zero-order chi connectivity index (χ0) is 12.3. The molecule has 0 N–H and O–H groups in total. The lowest BCUT2D eigenvalue weighted by Gasteiger charge is -1.97. The van der Waals surface area contributed by atoms with Crippen LogP contribution in [0.2, 0.25) is 0 Å². The van der Waals surface area contributed by atoms with Crippen molar-refractivity contribution in [3.05, 3.63) is 34.6 Å². The van der Waals surface area contributed by atoms with Crippen LogP contribution in [0.15, 0.2) is 27.5 Å². The molecular formula is C11H12ClN3O2. The van der Waals surface area contributed by atoms with Crippen molar-refractivity contribution in [2.75, 3.05) is 5.88 Å². The molecule has 90 valence electrons. The minimum Gasteiger partial charge on any atom is -0.421 e. The highest BCUT2D eigenvalue weighted by molar-refractivity contribution is 6.17. The number of aryl methyl sites for hydroxylation is 2. The Morgan fingerprint density at radius 3 is 3.00 bits per heavy atom. The Morgan fingerprint density at radius 2 is 2.29 bits per heavy atom. The molecule has 2 aromatic rings. The average Bonchev–Trinajstić information content (AvgIpc) is 2.79. The summed E-state index contributed by atoms with van der Waals surface area (Å²) in [5.41, 5.74) is 0.528. The van der Waals surface area contributed by atoms with E-state index in [4.69, 9.17) is 16.0 Å². The van der Waals surface area contributed by atoms with Gasteiger partial charge in [-0.3, -0.25) is 4.79 Å². The van der Waals surface area contributed by atoms with Crippen LogP contribution in [0, 0.1) is 0 Å². The molecule has 2 heterocycles. The largest absolute Gasteiger partial charge is 0.421 e. The third-order valence-corrected chi connectivity index (χ3v) is 2.61. The summed E-state index contributed by atoms with van der Waals surface area (Å²) in [4.78, 5) is 11.4. The van der Waals surface area contributed by atoms with E-state index in [0.717, 1.165) is 6.42 Å². The van der Waals surface area contributed by atoms with Crippen LogP contribution in [0.4, 0.5) is 0 Å². The summed E-state index contributed by atoms with van der Waals surface area (Å²) in [6, 6.07) is 3.24. The molecule has 0 radical (unpaired) electrons. The second-order valence-electron chi connectivity index (χ2n) is 3.66. The third kappa shape index (κ3) is 2.74. The van der Waals surface area contributed by atoms with Crippen LogP contribution in [0.3, 0.4) is 0 Å². The SMILES string of the molecule is Cn1ccc(-c2nnc(CCCCl)o2)cc1=O. The Hall–Kier alpha value is -1.62. The lowest BCUT2D eigenvalue weighted by Crippen LogP contribution is -2.14. The van der Waals surface area contributed by atoms with Crippen LogP contribution in [-0.2, 0) is 13.5 Å². The van der Waals surface area contributed by atoms with Crippen LogP contribution in [0.1, 0.15) is 12.3 Å². The number of hydrogen-bond donors (Lipinski definition) is 0. The van der Waals surface area contributed by atoms with Crippen molar-refractivity contribution in [1.82, 2.24) is 14.8 Å². The maximum atomic E-state index is 11.4. The van der Waals surface area contributed by atoms with Gasteiger partial charge in [-0.25, -0.2) is 0 Å². The van der Waals surface area contributed by atoms with Crippen molar-refractivity contribution in [3.8, 4) is 11.5 Å². The molecule has 2 rings (SSSR count). The topological polar surface area (TPSA) is 60.9 Å². The molecule has 0 unspecified atom stereocenters. The van der Waals surface area contributed by atoms with Crippen molar-refractivity contribution in [1.29, 1.82) is 0 Å². The van der Waals surface area contributed by atoms with Crippen LogP contribution < -0.4 is 5.56 Å². The predicted molar refractivity (Wildman–Crippen MR) is 64.0 cm³/mol. The molecule has 0 aliphatic carbocycles. The van der Waals surface area contributed by atoms with E-state index >= 15 is 0 Å². The Morgan fingerprint density at radius 1 is 1.47 bits per heavy atom. The Balaban J connectivity index is 2.24. The minimum atomic E-state index is -0.108. The summed E-state index contributed by atoms with van der Waals surface area (Å²) in [6.45, 7) is 0. The Kier molecular flexibility index (Phi) is 3.58. The van der Waals surface area contributed by atoms with Gasteiger partial charge in [0.1, 0.15) is 0 Å². The zero-order valence-electron chi connectivity index (χ0n) is 9.39. The number of aromatic nitrogens is 3. The summed E-state index contributed by atoms with van der Waals surface area (Å²) >= 11 is 5.58. The van der Waals surface area contributed by atoms with E-state index in [0.29, 0.717) is 29.6 Å². The monoisotopic (exact) mass is 253 g/mol. The highest BCUT2D eigenvalue weighted by atomic mass is 35.5. The van der Waals surface area contributed by atoms with Gasteiger partial charge in [-0.1, -0.05) is 0 Å². The number of hydrogen-bond acceptors (Lipinski definition) is 4. The first-order valence-corrected chi connectivity index (χ1v) is 5.79. The third-order valence-electron chi connectivity index (χ3n) is 2.34. The van der Waals surface area contributed by atoms with E-state index in [-0.39, 0.29) is 5.56 Å². The Labute approximate surface area is 103 Å². The van der Waals surface area contributed by atoms with Gasteiger partial charge in [0.15, 0.2) is 0 Å². The van der Waals surface area contributed by atoms with Gasteiger partial charge in [0, 0.05) is 37.2 Å². The molecular weight excluding hydrogens is 242 g/mol. The molecule has 0 amide bonds. The second-order valence-corrected chi connectivity index (χ2v) is 4.04. The second kappa shape index (κ2) is 5.14. The van der Waals surface area contributed by atoms with E-state index in [9.17, 15) is 4.79 Å². The van der Waals surface area contributed by atoms with E-state index in [1.807, 2.05) is 0 Å². The summed E-state index contributed by atoms with van der Waals surface area (Å²) in [5.74, 6) is 1.47. The highest BCUT2D eigenvalue weighted by Gasteiger charge is 2.08. The maximum absolute atomic E-state index is 11.4. The molecule has 0 fully saturated rings. The summed E-state index contributed by atoms with van der Waals surface area (Å²) in [5, 5.41) is 7.80. The summed E-state index contributed by atoms with van der Waals surface area (Å²) < 4.78 is 6.92. The molecule has 17 heavy (non-hydrogen) atoms. The van der Waals surface area contributed by atoms with E-state index < -0.39 is 0 Å². The molecule has 0 aliphatic rings. The molecule has 0 spiro atoms. The van der Waals surface area contributed by atoms with Crippen molar-refractivity contribution in [2.45, 2.75) is 12.8 Å². The van der Waals surface area contributed by atoms with Gasteiger partial charge in [-0.15, -0.1) is 21.8 Å². The van der Waals surface area contributed by atoms with Gasteiger partial charge in [0.2, 0.25) is 11.8 Å². The smallest absolute Gasteiger partial charge is 0.251 e. The van der Waals surface area contributed by atoms with Gasteiger partial charge in [0.25, 0.3) is 5.56 Å². The molecule has 0 aromatic carbocycles. The lowest BCUT2D eigenvalue weighted by atomic mass is 10.3. The summed E-state index contributed by atoms with van der Waals surface area (Å²) in [6.07, 6.45) is 3.11. The van der Waals surface area contributed by atoms with Gasteiger partial charge in [-0.2, -0.15) is 0 Å². The van der Waals surface area contributed by atoms with Crippen LogP contribution in [-0.4, -0.2) is 20.6 Å². The van der Waals surface area contributed by atoms with E-state index in [1.165, 1.54) is 10.6 Å². The lowest BCUT2D eigenvalue weighted by molar-refractivity contribution is 0.502. The zero-order valence-corrected chi connectivity index (χ0v) is 10.1. The number of alkyl halides is 1. The van der Waals surface area contributed by atoms with E-state index in [1.54, 1.807) is 19.3 Å². The van der Waals surface area contributed by atoms with Crippen molar-refractivity contribution >= 4 is 11.6 Å². The summed E-state index contributed by atoms with van der Waals surface area (Å²) in [7, 11) is 1.69. The molecule has 5 nitrogen and oxygen atoms in total. The maximum Gasteiger partial charge on any atom is 0.251 e. The molecule has 0 atom stereocenters. The molecule has 0 saturated heterocycles. The normalized spacial score (nSPS) is 10.7. The van der Waals surface area contributed by atoms with Gasteiger partial charge < -0.3 is 8.98 Å². The number of nitrogens with zero attached hydrogens (tertiary/aromatic N) is 3. The van der Waals surface area contributed by atoms with Crippen molar-refractivity contribution in [2.24, 2.45) is 7.05 Å². The number of rotatable bonds is 4. The number of halogens is 1. The number of pyridine rings is 1. The van der Waals surface area contributed by atoms with Crippen LogP contribution in [0.5, 0.6) is 0 Å². The molecule has 0 saturated carbocycles. The molecule has 2 aromatic heterocycles. The minimum absolute atomic E-state index is 0.108. The van der Waals surface area contributed by atoms with Gasteiger partial charge >= 0.3 is 0 Å². The standard InChI is InChI=1S/C11H12ClN3O2/c1-15-6-4-8(7-10(15)16)11-14-13-9(17-11)3-2-5-12/h4,6-7H,2-3,5H2,1H3. The fraction of sp³-hybridized carbons (Fsp3) is 0.364. The predicted octanol–water partition coefficient (Wildman–Crippen LogP) is 1.61. The molecule has 6 heteroatoms. The average molecular weight is 254 g/mol. The quantitative estimate of drug-likeness (QED) is 0.777. The fourth-order valence-corrected chi connectivity index (χ4v) is 1.50. The van der Waals surface area contributed by atoms with Crippen molar-refractivity contribution < 1.29 is 4.42 Å². The first kappa shape index (κ1) is 11.9. The van der Waals surface area contributed by atoms with Crippen LogP contribution in [0.25, 0.3) is 11.5 Å². The van der Waals surface area contributed by atoms with E-state index in [2.05, 4.69) is 10.2 Å². The van der Waals surface area contributed by atoms with Gasteiger partial charge in [-0.05, 0) is 12.5 Å². The van der Waals surface area contributed by atoms with Crippen LogP contribution >= 0.6 is 11.6 Å². The first-order valence-electron chi connectivity index (χ1n) is 5.26. The first-order chi connectivity index (χ1) is 8.20. The van der Waals surface area contributed by atoms with Gasteiger partial charge in [0.05, 0.1) is 0 Å². The molecule has 0 bridgehead atoms.